The van der Waals surface area contributed by atoms with Crippen molar-refractivity contribution in [3.05, 3.63) is 59.9 Å². The lowest BCUT2D eigenvalue weighted by atomic mass is 10.1. The van der Waals surface area contributed by atoms with Crippen molar-refractivity contribution < 1.29 is 9.18 Å². The monoisotopic (exact) mass is 272 g/mol. The zero-order valence-corrected chi connectivity index (χ0v) is 11.3. The Labute approximate surface area is 117 Å². The molecule has 2 rings (SSSR count). The quantitative estimate of drug-likeness (QED) is 0.875. The zero-order chi connectivity index (χ0) is 14.4. The van der Waals surface area contributed by atoms with E-state index in [-0.39, 0.29) is 18.3 Å². The van der Waals surface area contributed by atoms with E-state index in [1.165, 1.54) is 17.7 Å². The summed E-state index contributed by atoms with van der Waals surface area (Å²) in [6.07, 6.45) is 0.949. The van der Waals surface area contributed by atoms with Crippen molar-refractivity contribution in [2.45, 2.75) is 13.3 Å². The minimum absolute atomic E-state index is 0.143. The topological polar surface area (TPSA) is 41.1 Å². The van der Waals surface area contributed by atoms with E-state index in [9.17, 15) is 9.18 Å². The number of halogens is 1. The molecule has 0 aliphatic heterocycles. The molecule has 2 aromatic carbocycles. The molecule has 0 bridgehead atoms. The Morgan fingerprint density at radius 3 is 2.60 bits per heavy atom. The Hall–Kier alpha value is -2.36. The van der Waals surface area contributed by atoms with E-state index in [1.54, 1.807) is 12.1 Å². The van der Waals surface area contributed by atoms with Gasteiger partial charge >= 0.3 is 0 Å². The highest BCUT2D eigenvalue weighted by Gasteiger charge is 2.03. The molecule has 2 aromatic rings. The average molecular weight is 272 g/mol. The first-order valence-electron chi connectivity index (χ1n) is 6.55. The zero-order valence-electron chi connectivity index (χ0n) is 11.3. The fourth-order valence-electron chi connectivity index (χ4n) is 1.85. The lowest BCUT2D eigenvalue weighted by molar-refractivity contribution is -0.114. The van der Waals surface area contributed by atoms with E-state index in [0.717, 1.165) is 12.1 Å². The van der Waals surface area contributed by atoms with Crippen LogP contribution in [0.5, 0.6) is 0 Å². The molecule has 0 aliphatic rings. The van der Waals surface area contributed by atoms with Crippen molar-refractivity contribution in [2.24, 2.45) is 0 Å². The SMILES string of the molecule is CCc1cccc(NCC(=O)Nc2cccc(F)c2)c1. The summed E-state index contributed by atoms with van der Waals surface area (Å²) < 4.78 is 13.0. The first-order chi connectivity index (χ1) is 9.67. The van der Waals surface area contributed by atoms with Gasteiger partial charge < -0.3 is 10.6 Å². The molecule has 104 valence electrons. The van der Waals surface area contributed by atoms with Gasteiger partial charge in [0, 0.05) is 11.4 Å². The van der Waals surface area contributed by atoms with Gasteiger partial charge in [-0.1, -0.05) is 25.1 Å². The van der Waals surface area contributed by atoms with Crippen LogP contribution in [0.3, 0.4) is 0 Å². The average Bonchev–Trinajstić information content (AvgIpc) is 2.45. The number of hydrogen-bond donors (Lipinski definition) is 2. The van der Waals surface area contributed by atoms with Gasteiger partial charge in [-0.25, -0.2) is 4.39 Å². The van der Waals surface area contributed by atoms with Crippen LogP contribution in [0.25, 0.3) is 0 Å². The number of nitrogens with one attached hydrogen (secondary N) is 2. The molecule has 0 radical (unpaired) electrons. The van der Waals surface area contributed by atoms with Gasteiger partial charge in [-0.05, 0) is 42.3 Å². The van der Waals surface area contributed by atoms with Crippen LogP contribution >= 0.6 is 0 Å². The molecule has 0 saturated carbocycles. The highest BCUT2D eigenvalue weighted by atomic mass is 19.1. The van der Waals surface area contributed by atoms with Crippen LogP contribution in [-0.4, -0.2) is 12.5 Å². The molecule has 0 unspecified atom stereocenters. The van der Waals surface area contributed by atoms with E-state index >= 15 is 0 Å². The third-order valence-electron chi connectivity index (χ3n) is 2.90. The lowest BCUT2D eigenvalue weighted by Crippen LogP contribution is -2.21. The molecule has 3 nitrogen and oxygen atoms in total. The molecule has 0 heterocycles. The molecule has 4 heteroatoms. The van der Waals surface area contributed by atoms with E-state index in [2.05, 4.69) is 17.6 Å². The number of carbonyl (C=O) groups is 1. The molecule has 1 amide bonds. The fourth-order valence-corrected chi connectivity index (χ4v) is 1.85. The third-order valence-corrected chi connectivity index (χ3v) is 2.90. The maximum Gasteiger partial charge on any atom is 0.243 e. The summed E-state index contributed by atoms with van der Waals surface area (Å²) >= 11 is 0. The third kappa shape index (κ3) is 4.09. The summed E-state index contributed by atoms with van der Waals surface area (Å²) in [7, 11) is 0. The second-order valence-electron chi connectivity index (χ2n) is 4.47. The minimum atomic E-state index is -0.369. The normalized spacial score (nSPS) is 10.1. The molecular weight excluding hydrogens is 255 g/mol. The second-order valence-corrected chi connectivity index (χ2v) is 4.47. The van der Waals surface area contributed by atoms with Gasteiger partial charge in [0.2, 0.25) is 5.91 Å². The molecule has 0 fully saturated rings. The highest BCUT2D eigenvalue weighted by Crippen LogP contribution is 2.11. The number of amides is 1. The van der Waals surface area contributed by atoms with Gasteiger partial charge in [-0.2, -0.15) is 0 Å². The second kappa shape index (κ2) is 6.70. The molecule has 0 spiro atoms. The summed E-state index contributed by atoms with van der Waals surface area (Å²) in [6.45, 7) is 2.22. The Bertz CT molecular complexity index is 599. The highest BCUT2D eigenvalue weighted by molar-refractivity contribution is 5.93. The summed E-state index contributed by atoms with van der Waals surface area (Å²) in [5.41, 5.74) is 2.57. The van der Waals surface area contributed by atoms with Gasteiger partial charge in [0.1, 0.15) is 5.82 Å². The van der Waals surface area contributed by atoms with Crippen molar-refractivity contribution in [2.75, 3.05) is 17.2 Å². The Balaban J connectivity index is 1.88. The van der Waals surface area contributed by atoms with Gasteiger partial charge in [-0.3, -0.25) is 4.79 Å². The van der Waals surface area contributed by atoms with Gasteiger partial charge in [-0.15, -0.1) is 0 Å². The minimum Gasteiger partial charge on any atom is -0.376 e. The number of hydrogen-bond acceptors (Lipinski definition) is 2. The van der Waals surface area contributed by atoms with E-state index in [4.69, 9.17) is 0 Å². The fraction of sp³-hybridized carbons (Fsp3) is 0.188. The van der Waals surface area contributed by atoms with Crippen molar-refractivity contribution >= 4 is 17.3 Å². The van der Waals surface area contributed by atoms with Gasteiger partial charge in [0.25, 0.3) is 0 Å². The van der Waals surface area contributed by atoms with Crippen LogP contribution in [0.15, 0.2) is 48.5 Å². The molecule has 0 aromatic heterocycles. The van der Waals surface area contributed by atoms with E-state index in [1.807, 2.05) is 24.3 Å². The van der Waals surface area contributed by atoms with Crippen LogP contribution < -0.4 is 10.6 Å². The van der Waals surface area contributed by atoms with E-state index < -0.39 is 0 Å². The maximum absolute atomic E-state index is 13.0. The predicted molar refractivity (Wildman–Crippen MR) is 79.3 cm³/mol. The predicted octanol–water partition coefficient (Wildman–Crippen LogP) is 3.44. The van der Waals surface area contributed by atoms with Crippen molar-refractivity contribution in [1.29, 1.82) is 0 Å². The van der Waals surface area contributed by atoms with Crippen LogP contribution in [-0.2, 0) is 11.2 Å². The first-order valence-corrected chi connectivity index (χ1v) is 6.55. The Kier molecular flexibility index (Phi) is 4.71. The summed E-state index contributed by atoms with van der Waals surface area (Å²) in [5, 5.41) is 5.69. The Morgan fingerprint density at radius 2 is 1.85 bits per heavy atom. The molecule has 20 heavy (non-hydrogen) atoms. The summed E-state index contributed by atoms with van der Waals surface area (Å²) in [6, 6.07) is 13.7. The van der Waals surface area contributed by atoms with Crippen molar-refractivity contribution in [1.82, 2.24) is 0 Å². The summed E-state index contributed by atoms with van der Waals surface area (Å²) in [5.74, 6) is -0.580. The summed E-state index contributed by atoms with van der Waals surface area (Å²) in [4.78, 5) is 11.8. The first kappa shape index (κ1) is 14.1. The van der Waals surface area contributed by atoms with Crippen LogP contribution in [0.1, 0.15) is 12.5 Å². The standard InChI is InChI=1S/C16H17FN2O/c1-2-12-5-3-7-14(9-12)18-11-16(20)19-15-8-4-6-13(17)10-15/h3-10,18H,2,11H2,1H3,(H,19,20). The molecule has 0 aliphatic carbocycles. The number of rotatable bonds is 5. The maximum atomic E-state index is 13.0. The van der Waals surface area contributed by atoms with Crippen molar-refractivity contribution in [3.8, 4) is 0 Å². The van der Waals surface area contributed by atoms with Crippen LogP contribution in [0.2, 0.25) is 0 Å². The van der Waals surface area contributed by atoms with Crippen molar-refractivity contribution in [3.63, 3.8) is 0 Å². The Morgan fingerprint density at radius 1 is 1.10 bits per heavy atom. The van der Waals surface area contributed by atoms with Gasteiger partial charge in [0.15, 0.2) is 0 Å². The number of carbonyl (C=O) groups excluding carboxylic acids is 1. The number of benzene rings is 2. The van der Waals surface area contributed by atoms with E-state index in [0.29, 0.717) is 5.69 Å². The molecule has 0 saturated heterocycles. The van der Waals surface area contributed by atoms with Gasteiger partial charge in [0.05, 0.1) is 6.54 Å². The van der Waals surface area contributed by atoms with Crippen LogP contribution in [0, 0.1) is 5.82 Å². The number of anilines is 2. The molecule has 2 N–H and O–H groups in total. The molecular formula is C16H17FN2O. The largest absolute Gasteiger partial charge is 0.376 e. The number of aryl methyl sites for hydroxylation is 1. The molecule has 0 atom stereocenters. The smallest absolute Gasteiger partial charge is 0.243 e. The van der Waals surface area contributed by atoms with Crippen LogP contribution in [0.4, 0.5) is 15.8 Å². The lowest BCUT2D eigenvalue weighted by Gasteiger charge is -2.09.